The van der Waals surface area contributed by atoms with E-state index >= 15 is 0 Å². The van der Waals surface area contributed by atoms with E-state index in [1.165, 1.54) is 11.2 Å². The highest BCUT2D eigenvalue weighted by Crippen LogP contribution is 2.27. The van der Waals surface area contributed by atoms with E-state index in [-0.39, 0.29) is 18.4 Å². The zero-order chi connectivity index (χ0) is 28.5. The molecule has 0 aliphatic carbocycles. The second kappa shape index (κ2) is 13.2. The molecule has 2 atom stereocenters. The summed E-state index contributed by atoms with van der Waals surface area (Å²) < 4.78 is 5.23. The van der Waals surface area contributed by atoms with Gasteiger partial charge < -0.3 is 25.0 Å². The Morgan fingerprint density at radius 1 is 0.900 bits per heavy atom. The Labute approximate surface area is 233 Å². The minimum absolute atomic E-state index is 0.0629. The summed E-state index contributed by atoms with van der Waals surface area (Å²) in [5, 5.41) is 12.9. The van der Waals surface area contributed by atoms with Crippen molar-refractivity contribution in [2.45, 2.75) is 32.0 Å². The Balaban J connectivity index is 1.53. The Kier molecular flexibility index (Phi) is 9.24. The van der Waals surface area contributed by atoms with Crippen molar-refractivity contribution in [3.8, 4) is 5.75 Å². The molecule has 206 valence electrons. The fraction of sp³-hybridized carbons (Fsp3) is 0.233. The number of carbonyl (C=O) groups is 2. The van der Waals surface area contributed by atoms with Crippen molar-refractivity contribution >= 4 is 24.0 Å². The number of aromatic nitrogens is 3. The van der Waals surface area contributed by atoms with Gasteiger partial charge >= 0.3 is 12.1 Å². The van der Waals surface area contributed by atoms with Gasteiger partial charge in [-0.2, -0.15) is 4.98 Å². The monoisotopic (exact) mass is 540 g/mol. The quantitative estimate of drug-likeness (QED) is 0.276. The molecule has 1 amide bonds. The molecule has 0 radical (unpaired) electrons. The molecule has 0 aliphatic heterocycles. The van der Waals surface area contributed by atoms with Gasteiger partial charge in [-0.1, -0.05) is 72.8 Å². The Morgan fingerprint density at radius 3 is 2.17 bits per heavy atom. The van der Waals surface area contributed by atoms with Crippen LogP contribution in [0.15, 0.2) is 91.3 Å². The second-order valence-electron chi connectivity index (χ2n) is 9.45. The molecule has 40 heavy (non-hydrogen) atoms. The van der Waals surface area contributed by atoms with Crippen molar-refractivity contribution in [1.29, 1.82) is 0 Å². The third-order valence-corrected chi connectivity index (χ3v) is 6.30. The van der Waals surface area contributed by atoms with Gasteiger partial charge in [0.25, 0.3) is 0 Å². The maximum atomic E-state index is 12.1. The van der Waals surface area contributed by atoms with Crippen molar-refractivity contribution in [1.82, 2.24) is 19.9 Å². The maximum Gasteiger partial charge on any atom is 0.414 e. The number of aliphatic carboxylic acids is 1. The van der Waals surface area contributed by atoms with Crippen LogP contribution in [0.4, 0.5) is 16.7 Å². The number of amides is 1. The first-order chi connectivity index (χ1) is 19.3. The number of nitrogens with zero attached hydrogens (tertiary/aromatic N) is 5. The van der Waals surface area contributed by atoms with Gasteiger partial charge in [-0.15, -0.1) is 0 Å². The molecule has 1 heterocycles. The predicted molar refractivity (Wildman–Crippen MR) is 152 cm³/mol. The van der Waals surface area contributed by atoms with E-state index in [0.29, 0.717) is 18.2 Å². The van der Waals surface area contributed by atoms with Gasteiger partial charge in [0.1, 0.15) is 18.1 Å². The molecule has 4 rings (SSSR count). The van der Waals surface area contributed by atoms with Gasteiger partial charge in [0.15, 0.2) is 0 Å². The van der Waals surface area contributed by atoms with Crippen molar-refractivity contribution in [3.63, 3.8) is 0 Å². The summed E-state index contributed by atoms with van der Waals surface area (Å²) in [6.07, 6.45) is 1.05. The van der Waals surface area contributed by atoms with Gasteiger partial charge in [-0.05, 0) is 35.7 Å². The molecule has 0 saturated heterocycles. The maximum absolute atomic E-state index is 12.1. The van der Waals surface area contributed by atoms with E-state index in [1.54, 1.807) is 38.4 Å². The van der Waals surface area contributed by atoms with Crippen LogP contribution in [0.2, 0.25) is 0 Å². The minimum Gasteiger partial charge on any atom is -0.480 e. The third kappa shape index (κ3) is 7.53. The number of nitrogens with one attached hydrogen (secondary N) is 1. The summed E-state index contributed by atoms with van der Waals surface area (Å²) >= 11 is 0. The minimum atomic E-state index is -1.05. The Bertz CT molecular complexity index is 1400. The lowest BCUT2D eigenvalue weighted by Crippen LogP contribution is -2.33. The van der Waals surface area contributed by atoms with Crippen LogP contribution in [-0.2, 0) is 17.8 Å². The normalized spacial score (nSPS) is 12.2. The molecule has 10 nitrogen and oxygen atoms in total. The standard InChI is InChI=1S/C30H32N6O4/c1-21(24-12-8-5-9-13-24)36(19-23-10-6-4-7-11-23)29-32-20-31-28(34-29)33-26(27(37)38)18-22-14-16-25(17-15-22)40-30(39)35(2)3/h4-17,20-21,26H,18-19H2,1-3H3,(H,37,38)(H,31,32,33,34)/t21?,26-/m0/s1. The molecule has 10 heteroatoms. The number of carbonyl (C=O) groups excluding carboxylic acids is 1. The first kappa shape index (κ1) is 28.0. The lowest BCUT2D eigenvalue weighted by molar-refractivity contribution is -0.137. The molecule has 4 aromatic rings. The summed E-state index contributed by atoms with van der Waals surface area (Å²) in [5.74, 6) is -0.0968. The van der Waals surface area contributed by atoms with Gasteiger partial charge in [-0.25, -0.2) is 19.6 Å². The number of hydrogen-bond donors (Lipinski definition) is 2. The highest BCUT2D eigenvalue weighted by atomic mass is 16.6. The molecule has 0 spiro atoms. The lowest BCUT2D eigenvalue weighted by Gasteiger charge is -2.30. The molecule has 1 unspecified atom stereocenters. The Hall–Kier alpha value is -4.99. The number of ether oxygens (including phenoxy) is 1. The van der Waals surface area contributed by atoms with Crippen LogP contribution in [0.25, 0.3) is 0 Å². The lowest BCUT2D eigenvalue weighted by atomic mass is 10.1. The summed E-state index contributed by atoms with van der Waals surface area (Å²) in [4.78, 5) is 40.5. The summed E-state index contributed by atoms with van der Waals surface area (Å²) in [6, 6.07) is 25.7. The van der Waals surface area contributed by atoms with Gasteiger partial charge in [0.2, 0.25) is 11.9 Å². The highest BCUT2D eigenvalue weighted by Gasteiger charge is 2.23. The van der Waals surface area contributed by atoms with E-state index in [1.807, 2.05) is 48.5 Å². The predicted octanol–water partition coefficient (Wildman–Crippen LogP) is 4.81. The summed E-state index contributed by atoms with van der Waals surface area (Å²) in [5.41, 5.74) is 2.92. The second-order valence-corrected chi connectivity index (χ2v) is 9.45. The average Bonchev–Trinajstić information content (AvgIpc) is 2.97. The third-order valence-electron chi connectivity index (χ3n) is 6.30. The van der Waals surface area contributed by atoms with E-state index in [4.69, 9.17) is 4.74 Å². The van der Waals surface area contributed by atoms with Crippen LogP contribution in [-0.4, -0.2) is 57.2 Å². The summed E-state index contributed by atoms with van der Waals surface area (Å²) in [6.45, 7) is 2.63. The zero-order valence-corrected chi connectivity index (χ0v) is 22.6. The molecule has 0 aliphatic rings. The number of rotatable bonds is 11. The van der Waals surface area contributed by atoms with Crippen molar-refractivity contribution in [2.24, 2.45) is 0 Å². The molecule has 0 bridgehead atoms. The van der Waals surface area contributed by atoms with Gasteiger partial charge in [0, 0.05) is 27.1 Å². The molecule has 0 fully saturated rings. The number of hydrogen-bond acceptors (Lipinski definition) is 8. The van der Waals surface area contributed by atoms with Gasteiger partial charge in [-0.3, -0.25) is 0 Å². The van der Waals surface area contributed by atoms with Crippen molar-refractivity contribution in [3.05, 3.63) is 108 Å². The van der Waals surface area contributed by atoms with E-state index in [9.17, 15) is 14.7 Å². The highest BCUT2D eigenvalue weighted by molar-refractivity contribution is 5.77. The topological polar surface area (TPSA) is 121 Å². The number of benzene rings is 3. The van der Waals surface area contributed by atoms with E-state index < -0.39 is 18.1 Å². The number of carboxylic acids is 1. The van der Waals surface area contributed by atoms with Crippen LogP contribution in [0.1, 0.15) is 29.7 Å². The SMILES string of the molecule is CC(c1ccccc1)N(Cc1ccccc1)c1ncnc(N[C@@H](Cc2ccc(OC(=O)N(C)C)cc2)C(=O)O)n1. The first-order valence-corrected chi connectivity index (χ1v) is 12.8. The van der Waals surface area contributed by atoms with Crippen molar-refractivity contribution < 1.29 is 19.4 Å². The van der Waals surface area contributed by atoms with Gasteiger partial charge in [0.05, 0.1) is 6.04 Å². The molecule has 0 saturated carbocycles. The van der Waals surface area contributed by atoms with Crippen LogP contribution in [0, 0.1) is 0 Å². The van der Waals surface area contributed by atoms with Crippen LogP contribution < -0.4 is 15.0 Å². The van der Waals surface area contributed by atoms with Crippen LogP contribution in [0.3, 0.4) is 0 Å². The smallest absolute Gasteiger partial charge is 0.414 e. The number of carboxylic acid groups (broad SMARTS) is 1. The largest absolute Gasteiger partial charge is 0.480 e. The fourth-order valence-corrected chi connectivity index (χ4v) is 4.05. The fourth-order valence-electron chi connectivity index (χ4n) is 4.05. The molecule has 2 N–H and O–H groups in total. The average molecular weight is 541 g/mol. The van der Waals surface area contributed by atoms with Crippen molar-refractivity contribution in [2.75, 3.05) is 24.3 Å². The number of anilines is 2. The molecular weight excluding hydrogens is 508 g/mol. The van der Waals surface area contributed by atoms with E-state index in [0.717, 1.165) is 16.7 Å². The summed E-state index contributed by atoms with van der Waals surface area (Å²) in [7, 11) is 3.19. The Morgan fingerprint density at radius 2 is 1.55 bits per heavy atom. The first-order valence-electron chi connectivity index (χ1n) is 12.8. The molecule has 1 aromatic heterocycles. The molecular formula is C30H32N6O4. The van der Waals surface area contributed by atoms with Crippen LogP contribution >= 0.6 is 0 Å². The van der Waals surface area contributed by atoms with E-state index in [2.05, 4.69) is 44.2 Å². The zero-order valence-electron chi connectivity index (χ0n) is 22.6. The van der Waals surface area contributed by atoms with Crippen LogP contribution in [0.5, 0.6) is 5.75 Å². The molecule has 3 aromatic carbocycles.